The molecule has 0 bridgehead atoms. The SMILES string of the molecule is O=C(c1ccc(OC2CCCCC2N2CCCC2)cc1)c1ccc(OC2CCCCC2N2CCCC2)cc1. The number of ketones is 1. The molecule has 2 aliphatic heterocycles. The van der Waals surface area contributed by atoms with Gasteiger partial charge in [0.1, 0.15) is 23.7 Å². The minimum atomic E-state index is 0.0447. The number of hydrogen-bond donors (Lipinski definition) is 0. The molecule has 0 radical (unpaired) electrons. The van der Waals surface area contributed by atoms with Crippen LogP contribution >= 0.6 is 0 Å². The summed E-state index contributed by atoms with van der Waals surface area (Å²) in [4.78, 5) is 18.5. The molecule has 6 rings (SSSR count). The Bertz CT molecular complexity index is 957. The lowest BCUT2D eigenvalue weighted by atomic mass is 9.91. The third-order valence-corrected chi connectivity index (χ3v) is 9.36. The quantitative estimate of drug-likeness (QED) is 0.375. The van der Waals surface area contributed by atoms with Crippen molar-refractivity contribution in [2.24, 2.45) is 0 Å². The molecule has 2 aromatic carbocycles. The predicted molar refractivity (Wildman–Crippen MR) is 151 cm³/mol. The summed E-state index contributed by atoms with van der Waals surface area (Å²) in [5, 5.41) is 0. The minimum absolute atomic E-state index is 0.0447. The van der Waals surface area contributed by atoms with Crippen molar-refractivity contribution >= 4 is 5.78 Å². The molecule has 2 saturated heterocycles. The maximum Gasteiger partial charge on any atom is 0.193 e. The van der Waals surface area contributed by atoms with Crippen LogP contribution in [-0.2, 0) is 0 Å². The van der Waals surface area contributed by atoms with Gasteiger partial charge in [-0.2, -0.15) is 0 Å². The summed E-state index contributed by atoms with van der Waals surface area (Å²) < 4.78 is 13.0. The van der Waals surface area contributed by atoms with Gasteiger partial charge in [0.15, 0.2) is 5.78 Å². The highest BCUT2D eigenvalue weighted by atomic mass is 16.5. The van der Waals surface area contributed by atoms with Crippen LogP contribution < -0.4 is 9.47 Å². The molecule has 5 nitrogen and oxygen atoms in total. The van der Waals surface area contributed by atoms with E-state index in [1.165, 1.54) is 90.4 Å². The zero-order chi connectivity index (χ0) is 25.7. The van der Waals surface area contributed by atoms with Crippen LogP contribution in [0.2, 0.25) is 0 Å². The molecular weight excluding hydrogens is 472 g/mol. The normalized spacial score (nSPS) is 28.8. The van der Waals surface area contributed by atoms with Gasteiger partial charge in [-0.15, -0.1) is 0 Å². The van der Waals surface area contributed by atoms with Crippen LogP contribution in [-0.4, -0.2) is 66.1 Å². The molecule has 2 heterocycles. The van der Waals surface area contributed by atoms with E-state index in [1.54, 1.807) is 0 Å². The van der Waals surface area contributed by atoms with E-state index >= 15 is 0 Å². The van der Waals surface area contributed by atoms with Crippen LogP contribution in [0, 0.1) is 0 Å². The van der Waals surface area contributed by atoms with Crippen LogP contribution in [0.3, 0.4) is 0 Å². The van der Waals surface area contributed by atoms with Crippen molar-refractivity contribution in [1.29, 1.82) is 0 Å². The molecule has 0 aromatic heterocycles. The number of benzene rings is 2. The van der Waals surface area contributed by atoms with Crippen molar-refractivity contribution in [1.82, 2.24) is 9.80 Å². The highest BCUT2D eigenvalue weighted by Crippen LogP contribution is 2.31. The number of likely N-dealkylation sites (tertiary alicyclic amines) is 2. The van der Waals surface area contributed by atoms with E-state index < -0.39 is 0 Å². The van der Waals surface area contributed by atoms with Gasteiger partial charge in [-0.3, -0.25) is 14.6 Å². The molecule has 4 unspecified atom stereocenters. The molecule has 5 heteroatoms. The third-order valence-electron chi connectivity index (χ3n) is 9.36. The number of rotatable bonds is 8. The maximum absolute atomic E-state index is 13.2. The smallest absolute Gasteiger partial charge is 0.193 e. The molecule has 4 fully saturated rings. The number of nitrogens with zero attached hydrogens (tertiary/aromatic N) is 2. The van der Waals surface area contributed by atoms with Gasteiger partial charge in [-0.25, -0.2) is 0 Å². The molecule has 2 aromatic rings. The molecule has 204 valence electrons. The minimum Gasteiger partial charge on any atom is -0.489 e. The van der Waals surface area contributed by atoms with E-state index in [9.17, 15) is 4.79 Å². The van der Waals surface area contributed by atoms with Crippen molar-refractivity contribution in [3.8, 4) is 11.5 Å². The van der Waals surface area contributed by atoms with Gasteiger partial charge in [0.25, 0.3) is 0 Å². The van der Waals surface area contributed by atoms with Crippen LogP contribution in [0.25, 0.3) is 0 Å². The highest BCUT2D eigenvalue weighted by molar-refractivity contribution is 6.09. The monoisotopic (exact) mass is 516 g/mol. The van der Waals surface area contributed by atoms with Gasteiger partial charge in [0, 0.05) is 23.2 Å². The van der Waals surface area contributed by atoms with Gasteiger partial charge in [0.05, 0.1) is 0 Å². The van der Waals surface area contributed by atoms with Crippen molar-refractivity contribution < 1.29 is 14.3 Å². The summed E-state index contributed by atoms with van der Waals surface area (Å²) in [6, 6.07) is 16.6. The van der Waals surface area contributed by atoms with E-state index in [1.807, 2.05) is 48.5 Å². The molecule has 0 N–H and O–H groups in total. The summed E-state index contributed by atoms with van der Waals surface area (Å²) in [5.41, 5.74) is 1.40. The van der Waals surface area contributed by atoms with Crippen LogP contribution in [0.5, 0.6) is 11.5 Å². The molecule has 2 saturated carbocycles. The van der Waals surface area contributed by atoms with Gasteiger partial charge in [-0.05, 0) is 139 Å². The molecule has 38 heavy (non-hydrogen) atoms. The zero-order valence-electron chi connectivity index (χ0n) is 22.9. The first-order valence-electron chi connectivity index (χ1n) is 15.3. The van der Waals surface area contributed by atoms with E-state index in [0.29, 0.717) is 23.2 Å². The summed E-state index contributed by atoms with van der Waals surface area (Å²) in [6.07, 6.45) is 15.6. The summed E-state index contributed by atoms with van der Waals surface area (Å²) in [5.74, 6) is 1.80. The van der Waals surface area contributed by atoms with Crippen LogP contribution in [0.4, 0.5) is 0 Å². The van der Waals surface area contributed by atoms with Gasteiger partial charge >= 0.3 is 0 Å². The first-order valence-corrected chi connectivity index (χ1v) is 15.3. The summed E-state index contributed by atoms with van der Waals surface area (Å²) >= 11 is 0. The second kappa shape index (κ2) is 12.2. The molecule has 0 spiro atoms. The van der Waals surface area contributed by atoms with Crippen molar-refractivity contribution in [3.05, 3.63) is 59.7 Å². The maximum atomic E-state index is 13.2. The molecule has 0 amide bonds. The van der Waals surface area contributed by atoms with Crippen molar-refractivity contribution in [3.63, 3.8) is 0 Å². The lowest BCUT2D eigenvalue weighted by molar-refractivity contribution is 0.0485. The first kappa shape index (κ1) is 25.9. The number of ether oxygens (including phenoxy) is 2. The van der Waals surface area contributed by atoms with E-state index in [4.69, 9.17) is 9.47 Å². The van der Waals surface area contributed by atoms with E-state index in [0.717, 1.165) is 24.3 Å². The van der Waals surface area contributed by atoms with Crippen molar-refractivity contribution in [2.75, 3.05) is 26.2 Å². The predicted octanol–water partition coefficient (Wildman–Crippen LogP) is 6.49. The van der Waals surface area contributed by atoms with Crippen molar-refractivity contribution in [2.45, 2.75) is 101 Å². The van der Waals surface area contributed by atoms with E-state index in [-0.39, 0.29) is 18.0 Å². The zero-order valence-corrected chi connectivity index (χ0v) is 22.9. The largest absolute Gasteiger partial charge is 0.489 e. The second-order valence-electron chi connectivity index (χ2n) is 11.9. The number of hydrogen-bond acceptors (Lipinski definition) is 5. The first-order chi connectivity index (χ1) is 18.7. The number of carbonyl (C=O) groups is 1. The fraction of sp³-hybridized carbons (Fsp3) is 0.606. The molecule has 4 aliphatic rings. The Labute approximate surface area is 228 Å². The highest BCUT2D eigenvalue weighted by Gasteiger charge is 2.34. The Morgan fingerprint density at radius 3 is 1.29 bits per heavy atom. The molecule has 2 aliphatic carbocycles. The van der Waals surface area contributed by atoms with Gasteiger partial charge in [-0.1, -0.05) is 12.8 Å². The Hall–Kier alpha value is -2.37. The molecular formula is C33H44N2O3. The van der Waals surface area contributed by atoms with Crippen LogP contribution in [0.1, 0.15) is 93.0 Å². The summed E-state index contributed by atoms with van der Waals surface area (Å²) in [7, 11) is 0. The Morgan fingerprint density at radius 1 is 0.526 bits per heavy atom. The Balaban J connectivity index is 1.06. The van der Waals surface area contributed by atoms with Crippen LogP contribution in [0.15, 0.2) is 48.5 Å². The third kappa shape index (κ3) is 5.94. The fourth-order valence-electron chi connectivity index (χ4n) is 7.30. The average Bonchev–Trinajstić information content (AvgIpc) is 3.70. The van der Waals surface area contributed by atoms with E-state index in [2.05, 4.69) is 9.80 Å². The molecule has 4 atom stereocenters. The lowest BCUT2D eigenvalue weighted by Crippen LogP contribution is -2.46. The lowest BCUT2D eigenvalue weighted by Gasteiger charge is -2.37. The summed E-state index contributed by atoms with van der Waals surface area (Å²) in [6.45, 7) is 4.84. The average molecular weight is 517 g/mol. The van der Waals surface area contributed by atoms with Gasteiger partial charge in [0.2, 0.25) is 0 Å². The fourth-order valence-corrected chi connectivity index (χ4v) is 7.30. The van der Waals surface area contributed by atoms with Gasteiger partial charge < -0.3 is 9.47 Å². The number of carbonyl (C=O) groups excluding carboxylic acids is 1. The Morgan fingerprint density at radius 2 is 0.895 bits per heavy atom. The Kier molecular flexibility index (Phi) is 8.32. The standard InChI is InChI=1S/C33H44N2O3/c36-33(25-13-17-27(18-14-25)37-31-11-3-1-9-29(31)34-21-5-6-22-34)26-15-19-28(20-16-26)38-32-12-4-2-10-30(32)35-23-7-8-24-35/h13-20,29-32H,1-12,21-24H2. The topological polar surface area (TPSA) is 42.0 Å². The second-order valence-corrected chi connectivity index (χ2v) is 11.9.